The van der Waals surface area contributed by atoms with Gasteiger partial charge in [0.1, 0.15) is 11.6 Å². The van der Waals surface area contributed by atoms with Gasteiger partial charge in [-0.05, 0) is 41.8 Å². The van der Waals surface area contributed by atoms with Crippen LogP contribution in [0, 0.1) is 11.3 Å². The molecule has 2 rings (SSSR count). The van der Waals surface area contributed by atoms with E-state index >= 15 is 0 Å². The van der Waals surface area contributed by atoms with E-state index in [0.29, 0.717) is 5.57 Å². The maximum atomic E-state index is 11.8. The number of carbonyl (C=O) groups is 1. The number of hydrogen-bond acceptors (Lipinski definition) is 3. The Morgan fingerprint density at radius 1 is 1.20 bits per heavy atom. The van der Waals surface area contributed by atoms with Crippen molar-refractivity contribution in [2.45, 2.75) is 13.8 Å². The van der Waals surface area contributed by atoms with Gasteiger partial charge in [0.15, 0.2) is 0 Å². The zero-order valence-corrected chi connectivity index (χ0v) is 11.5. The third-order valence-electron chi connectivity index (χ3n) is 3.15. The number of nitrogens with zero attached hydrogens (tertiary/aromatic N) is 1. The Balaban J connectivity index is 2.51. The molecule has 2 aromatic rings. The highest BCUT2D eigenvalue weighted by atomic mass is 16.5. The molecule has 0 aliphatic rings. The van der Waals surface area contributed by atoms with E-state index in [4.69, 9.17) is 10.00 Å². The first-order chi connectivity index (χ1) is 9.67. The molecule has 0 heterocycles. The molecule has 0 atom stereocenters. The molecule has 0 aliphatic carbocycles. The summed E-state index contributed by atoms with van der Waals surface area (Å²) in [5.74, 6) is -0.569. The average Bonchev–Trinajstić information content (AvgIpc) is 2.47. The maximum absolute atomic E-state index is 11.8. The summed E-state index contributed by atoms with van der Waals surface area (Å²) in [6, 6.07) is 15.8. The van der Waals surface area contributed by atoms with E-state index in [1.54, 1.807) is 13.8 Å². The number of ether oxygens (including phenoxy) is 1. The molecule has 2 aromatic carbocycles. The molecule has 0 saturated heterocycles. The van der Waals surface area contributed by atoms with Crippen LogP contribution in [0.25, 0.3) is 16.3 Å². The van der Waals surface area contributed by atoms with Gasteiger partial charge >= 0.3 is 5.97 Å². The number of esters is 1. The van der Waals surface area contributed by atoms with Gasteiger partial charge in [-0.25, -0.2) is 4.79 Å². The molecule has 0 fully saturated rings. The number of benzene rings is 2. The fraction of sp³-hybridized carbons (Fsp3) is 0.176. The first-order valence-corrected chi connectivity index (χ1v) is 6.44. The first kappa shape index (κ1) is 13.8. The third kappa shape index (κ3) is 2.70. The minimum Gasteiger partial charge on any atom is -0.462 e. The van der Waals surface area contributed by atoms with E-state index in [9.17, 15) is 4.79 Å². The molecule has 0 unspecified atom stereocenters. The lowest BCUT2D eigenvalue weighted by Gasteiger charge is -2.07. The average molecular weight is 265 g/mol. The number of hydrogen-bond donors (Lipinski definition) is 0. The quantitative estimate of drug-likeness (QED) is 0.483. The van der Waals surface area contributed by atoms with E-state index in [1.165, 1.54) is 0 Å². The van der Waals surface area contributed by atoms with Crippen molar-refractivity contribution in [3.63, 3.8) is 0 Å². The summed E-state index contributed by atoms with van der Waals surface area (Å²) >= 11 is 0. The van der Waals surface area contributed by atoms with Crippen LogP contribution in [-0.2, 0) is 9.53 Å². The van der Waals surface area contributed by atoms with Crippen LogP contribution in [0.5, 0.6) is 0 Å². The number of carbonyl (C=O) groups excluding carboxylic acids is 1. The lowest BCUT2D eigenvalue weighted by Crippen LogP contribution is -2.08. The molecule has 0 aromatic heterocycles. The summed E-state index contributed by atoms with van der Waals surface area (Å²) in [4.78, 5) is 11.8. The second-order valence-corrected chi connectivity index (χ2v) is 4.39. The molecular formula is C17H15NO2. The molecule has 0 saturated carbocycles. The largest absolute Gasteiger partial charge is 0.462 e. The summed E-state index contributed by atoms with van der Waals surface area (Å²) < 4.78 is 4.91. The van der Waals surface area contributed by atoms with E-state index in [0.717, 1.165) is 16.3 Å². The highest BCUT2D eigenvalue weighted by Crippen LogP contribution is 2.23. The number of rotatable bonds is 3. The van der Waals surface area contributed by atoms with Crippen molar-refractivity contribution >= 4 is 22.3 Å². The van der Waals surface area contributed by atoms with Crippen molar-refractivity contribution in [3.8, 4) is 6.07 Å². The highest BCUT2D eigenvalue weighted by molar-refractivity contribution is 6.02. The standard InChI is InChI=1S/C17H15NO2/c1-3-20-17(19)16(11-18)12(2)14-9-8-13-6-4-5-7-15(13)10-14/h4-10H,3H2,1-2H3/b16-12-. The molecule has 0 aliphatic heterocycles. The van der Waals surface area contributed by atoms with Crippen molar-refractivity contribution in [2.24, 2.45) is 0 Å². The Hall–Kier alpha value is -2.60. The zero-order valence-electron chi connectivity index (χ0n) is 11.5. The van der Waals surface area contributed by atoms with Crippen LogP contribution in [0.4, 0.5) is 0 Å². The van der Waals surface area contributed by atoms with E-state index < -0.39 is 5.97 Å². The van der Waals surface area contributed by atoms with Gasteiger partial charge in [-0.3, -0.25) is 0 Å². The molecule has 20 heavy (non-hydrogen) atoms. The van der Waals surface area contributed by atoms with Crippen LogP contribution in [0.2, 0.25) is 0 Å². The predicted octanol–water partition coefficient (Wildman–Crippen LogP) is 3.70. The van der Waals surface area contributed by atoms with Gasteiger partial charge < -0.3 is 4.74 Å². The molecule has 0 N–H and O–H groups in total. The molecule has 3 nitrogen and oxygen atoms in total. The van der Waals surface area contributed by atoms with Crippen LogP contribution in [0.15, 0.2) is 48.0 Å². The Morgan fingerprint density at radius 3 is 2.55 bits per heavy atom. The number of nitriles is 1. The fourth-order valence-corrected chi connectivity index (χ4v) is 2.05. The van der Waals surface area contributed by atoms with Crippen molar-refractivity contribution in [1.29, 1.82) is 5.26 Å². The van der Waals surface area contributed by atoms with Crippen molar-refractivity contribution in [2.75, 3.05) is 6.61 Å². The van der Waals surface area contributed by atoms with Crippen molar-refractivity contribution in [3.05, 3.63) is 53.6 Å². The minimum absolute atomic E-state index is 0.0575. The zero-order chi connectivity index (χ0) is 14.5. The monoisotopic (exact) mass is 265 g/mol. The lowest BCUT2D eigenvalue weighted by atomic mass is 9.99. The number of fused-ring (bicyclic) bond motifs is 1. The van der Waals surface area contributed by atoms with Gasteiger partial charge in [0.25, 0.3) is 0 Å². The van der Waals surface area contributed by atoms with Gasteiger partial charge in [0.05, 0.1) is 6.61 Å². The Labute approximate surface area is 118 Å². The normalized spacial score (nSPS) is 11.7. The van der Waals surface area contributed by atoms with Crippen molar-refractivity contribution in [1.82, 2.24) is 0 Å². The van der Waals surface area contributed by atoms with Gasteiger partial charge in [0, 0.05) is 0 Å². The van der Waals surface area contributed by atoms with Gasteiger partial charge in [-0.2, -0.15) is 5.26 Å². The second kappa shape index (κ2) is 6.03. The molecular weight excluding hydrogens is 250 g/mol. The smallest absolute Gasteiger partial charge is 0.349 e. The maximum Gasteiger partial charge on any atom is 0.349 e. The fourth-order valence-electron chi connectivity index (χ4n) is 2.05. The van der Waals surface area contributed by atoms with Gasteiger partial charge in [-0.1, -0.05) is 36.4 Å². The van der Waals surface area contributed by atoms with Crippen LogP contribution in [0.3, 0.4) is 0 Å². The molecule has 0 bridgehead atoms. The summed E-state index contributed by atoms with van der Waals surface area (Å²) in [6.07, 6.45) is 0. The Morgan fingerprint density at radius 2 is 1.90 bits per heavy atom. The second-order valence-electron chi connectivity index (χ2n) is 4.39. The molecule has 3 heteroatoms. The highest BCUT2D eigenvalue weighted by Gasteiger charge is 2.14. The summed E-state index contributed by atoms with van der Waals surface area (Å²) in [7, 11) is 0. The minimum atomic E-state index is -0.569. The van der Waals surface area contributed by atoms with Gasteiger partial charge in [-0.15, -0.1) is 0 Å². The van der Waals surface area contributed by atoms with E-state index in [1.807, 2.05) is 48.5 Å². The summed E-state index contributed by atoms with van der Waals surface area (Å²) in [5, 5.41) is 11.4. The van der Waals surface area contributed by atoms with Crippen LogP contribution < -0.4 is 0 Å². The number of allylic oxidation sites excluding steroid dienone is 1. The van der Waals surface area contributed by atoms with Crippen LogP contribution in [0.1, 0.15) is 19.4 Å². The Kier molecular flexibility index (Phi) is 4.17. The molecule has 0 radical (unpaired) electrons. The SMILES string of the molecule is CCOC(=O)/C(C#N)=C(/C)c1ccc2ccccc2c1. The first-order valence-electron chi connectivity index (χ1n) is 6.44. The topological polar surface area (TPSA) is 50.1 Å². The molecule has 0 amide bonds. The van der Waals surface area contributed by atoms with Gasteiger partial charge in [0.2, 0.25) is 0 Å². The molecule has 100 valence electrons. The summed E-state index contributed by atoms with van der Waals surface area (Å²) in [5.41, 5.74) is 1.55. The lowest BCUT2D eigenvalue weighted by molar-refractivity contribution is -0.137. The Bertz CT molecular complexity index is 723. The third-order valence-corrected chi connectivity index (χ3v) is 3.15. The van der Waals surface area contributed by atoms with Crippen molar-refractivity contribution < 1.29 is 9.53 Å². The van der Waals surface area contributed by atoms with E-state index in [-0.39, 0.29) is 12.2 Å². The van der Waals surface area contributed by atoms with Crippen LogP contribution >= 0.6 is 0 Å². The summed E-state index contributed by atoms with van der Waals surface area (Å²) in [6.45, 7) is 3.74. The predicted molar refractivity (Wildman–Crippen MR) is 78.8 cm³/mol. The van der Waals surface area contributed by atoms with E-state index in [2.05, 4.69) is 0 Å². The molecule has 0 spiro atoms. The van der Waals surface area contributed by atoms with Crippen LogP contribution in [-0.4, -0.2) is 12.6 Å².